The lowest BCUT2D eigenvalue weighted by molar-refractivity contribution is -0.140. The molecule has 1 saturated heterocycles. The molecule has 2 fully saturated rings. The minimum atomic E-state index is 0.169. The van der Waals surface area contributed by atoms with Crippen molar-refractivity contribution in [1.82, 2.24) is 9.80 Å². The van der Waals surface area contributed by atoms with E-state index in [0.717, 1.165) is 45.4 Å². The van der Waals surface area contributed by atoms with Crippen molar-refractivity contribution in [3.05, 3.63) is 0 Å². The zero-order chi connectivity index (χ0) is 12.4. The fourth-order valence-electron chi connectivity index (χ4n) is 2.96. The molecule has 1 amide bonds. The zero-order valence-electron chi connectivity index (χ0n) is 11.1. The van der Waals surface area contributed by atoms with Crippen LogP contribution in [-0.4, -0.2) is 55.0 Å². The molecule has 2 rings (SSSR count). The maximum Gasteiger partial charge on any atom is 0.226 e. The number of carbonyl (C=O) groups excluding carboxylic acids is 1. The van der Waals surface area contributed by atoms with Gasteiger partial charge in [0.25, 0.3) is 0 Å². The zero-order valence-corrected chi connectivity index (χ0v) is 11.1. The Hall–Kier alpha value is -0.610. The van der Waals surface area contributed by atoms with Crippen LogP contribution < -0.4 is 5.73 Å². The Morgan fingerprint density at radius 2 is 1.82 bits per heavy atom. The number of piperazine rings is 1. The number of nitrogens with zero attached hydrogens (tertiary/aromatic N) is 2. The Kier molecular flexibility index (Phi) is 4.05. The standard InChI is InChI=1S/C13H25N3O/c1-10-3-4-11(14)9-12(10)13(17)16-7-5-15(2)6-8-16/h10-12H,3-9,14H2,1-2H3. The van der Waals surface area contributed by atoms with Crippen molar-refractivity contribution in [3.63, 3.8) is 0 Å². The van der Waals surface area contributed by atoms with Crippen LogP contribution >= 0.6 is 0 Å². The third kappa shape index (κ3) is 2.99. The van der Waals surface area contributed by atoms with E-state index in [1.54, 1.807) is 0 Å². The van der Waals surface area contributed by atoms with Crippen molar-refractivity contribution in [2.24, 2.45) is 17.6 Å². The summed E-state index contributed by atoms with van der Waals surface area (Å²) in [6.45, 7) is 5.96. The molecule has 0 spiro atoms. The molecule has 4 heteroatoms. The quantitative estimate of drug-likeness (QED) is 0.726. The summed E-state index contributed by atoms with van der Waals surface area (Å²) in [6.07, 6.45) is 3.06. The molecule has 1 saturated carbocycles. The number of nitrogens with two attached hydrogens (primary N) is 1. The highest BCUT2D eigenvalue weighted by Crippen LogP contribution is 2.30. The van der Waals surface area contributed by atoms with Crippen molar-refractivity contribution in [2.75, 3.05) is 33.2 Å². The first-order chi connectivity index (χ1) is 8.08. The van der Waals surface area contributed by atoms with Crippen LogP contribution in [0, 0.1) is 11.8 Å². The molecule has 17 heavy (non-hydrogen) atoms. The first-order valence-electron chi connectivity index (χ1n) is 6.81. The van der Waals surface area contributed by atoms with E-state index in [2.05, 4.69) is 18.9 Å². The fraction of sp³-hybridized carbons (Fsp3) is 0.923. The highest BCUT2D eigenvalue weighted by atomic mass is 16.2. The number of rotatable bonds is 1. The highest BCUT2D eigenvalue weighted by molar-refractivity contribution is 5.79. The lowest BCUT2D eigenvalue weighted by Crippen LogP contribution is -2.51. The van der Waals surface area contributed by atoms with Crippen LogP contribution in [-0.2, 0) is 4.79 Å². The summed E-state index contributed by atoms with van der Waals surface area (Å²) >= 11 is 0. The highest BCUT2D eigenvalue weighted by Gasteiger charge is 2.34. The Morgan fingerprint density at radius 1 is 1.18 bits per heavy atom. The third-order valence-corrected chi connectivity index (χ3v) is 4.37. The summed E-state index contributed by atoms with van der Waals surface area (Å²) in [6, 6.07) is 0.229. The minimum absolute atomic E-state index is 0.169. The summed E-state index contributed by atoms with van der Waals surface area (Å²) in [4.78, 5) is 16.8. The molecule has 1 aliphatic carbocycles. The van der Waals surface area contributed by atoms with E-state index in [0.29, 0.717) is 11.8 Å². The van der Waals surface area contributed by atoms with Gasteiger partial charge >= 0.3 is 0 Å². The monoisotopic (exact) mass is 239 g/mol. The number of amides is 1. The van der Waals surface area contributed by atoms with E-state index in [-0.39, 0.29) is 12.0 Å². The number of hydrogen-bond donors (Lipinski definition) is 1. The lowest BCUT2D eigenvalue weighted by atomic mass is 9.77. The predicted octanol–water partition coefficient (Wildman–Crippen LogP) is 0.524. The largest absolute Gasteiger partial charge is 0.340 e. The number of hydrogen-bond acceptors (Lipinski definition) is 3. The van der Waals surface area contributed by atoms with E-state index in [1.807, 2.05) is 4.90 Å². The maximum absolute atomic E-state index is 12.5. The van der Waals surface area contributed by atoms with Crippen LogP contribution in [0.15, 0.2) is 0 Å². The van der Waals surface area contributed by atoms with Crippen LogP contribution in [0.25, 0.3) is 0 Å². The van der Waals surface area contributed by atoms with Gasteiger partial charge in [-0.15, -0.1) is 0 Å². The van der Waals surface area contributed by atoms with Gasteiger partial charge in [-0.05, 0) is 32.2 Å². The van der Waals surface area contributed by atoms with Crippen molar-refractivity contribution < 1.29 is 4.79 Å². The van der Waals surface area contributed by atoms with E-state index >= 15 is 0 Å². The van der Waals surface area contributed by atoms with Gasteiger partial charge in [-0.25, -0.2) is 0 Å². The normalized spacial score (nSPS) is 35.9. The first-order valence-corrected chi connectivity index (χ1v) is 6.81. The Balaban J connectivity index is 1.94. The Bertz CT molecular complexity index is 274. The molecule has 98 valence electrons. The third-order valence-electron chi connectivity index (χ3n) is 4.37. The second-order valence-corrected chi connectivity index (χ2v) is 5.79. The predicted molar refractivity (Wildman–Crippen MR) is 68.6 cm³/mol. The number of carbonyl (C=O) groups is 1. The molecule has 0 aromatic rings. The SMILES string of the molecule is CC1CCC(N)CC1C(=O)N1CCN(C)CC1. The topological polar surface area (TPSA) is 49.6 Å². The van der Waals surface area contributed by atoms with Crippen LogP contribution in [0.2, 0.25) is 0 Å². The van der Waals surface area contributed by atoms with Gasteiger partial charge in [0.1, 0.15) is 0 Å². The molecule has 0 aromatic heterocycles. The molecule has 4 nitrogen and oxygen atoms in total. The smallest absolute Gasteiger partial charge is 0.226 e. The van der Waals surface area contributed by atoms with Crippen LogP contribution in [0.3, 0.4) is 0 Å². The van der Waals surface area contributed by atoms with Crippen molar-refractivity contribution in [1.29, 1.82) is 0 Å². The molecule has 3 atom stereocenters. The molecular formula is C13H25N3O. The van der Waals surface area contributed by atoms with Gasteiger partial charge in [0, 0.05) is 38.1 Å². The summed E-state index contributed by atoms with van der Waals surface area (Å²) in [7, 11) is 2.11. The summed E-state index contributed by atoms with van der Waals surface area (Å²) in [5.41, 5.74) is 6.00. The van der Waals surface area contributed by atoms with E-state index in [1.165, 1.54) is 0 Å². The Morgan fingerprint density at radius 3 is 2.47 bits per heavy atom. The number of likely N-dealkylation sites (N-methyl/N-ethyl adjacent to an activating group) is 1. The second-order valence-electron chi connectivity index (χ2n) is 5.79. The maximum atomic E-state index is 12.5. The Labute approximate surface area is 104 Å². The van der Waals surface area contributed by atoms with Crippen LogP contribution in [0.5, 0.6) is 0 Å². The summed E-state index contributed by atoms with van der Waals surface area (Å²) in [5, 5.41) is 0. The average Bonchev–Trinajstić information content (AvgIpc) is 2.32. The molecule has 1 aliphatic heterocycles. The van der Waals surface area contributed by atoms with Gasteiger partial charge < -0.3 is 15.5 Å². The van der Waals surface area contributed by atoms with Crippen molar-refractivity contribution >= 4 is 5.91 Å². The first kappa shape index (κ1) is 12.8. The molecule has 3 unspecified atom stereocenters. The average molecular weight is 239 g/mol. The fourth-order valence-corrected chi connectivity index (χ4v) is 2.96. The molecule has 1 heterocycles. The van der Waals surface area contributed by atoms with Gasteiger partial charge in [0.05, 0.1) is 0 Å². The van der Waals surface area contributed by atoms with Gasteiger partial charge in [0.15, 0.2) is 0 Å². The van der Waals surface area contributed by atoms with E-state index in [4.69, 9.17) is 5.73 Å². The summed E-state index contributed by atoms with van der Waals surface area (Å²) < 4.78 is 0. The molecule has 2 N–H and O–H groups in total. The van der Waals surface area contributed by atoms with Gasteiger partial charge in [-0.1, -0.05) is 6.92 Å². The second kappa shape index (κ2) is 5.36. The van der Waals surface area contributed by atoms with Crippen LogP contribution in [0.1, 0.15) is 26.2 Å². The minimum Gasteiger partial charge on any atom is -0.340 e. The van der Waals surface area contributed by atoms with Gasteiger partial charge in [0.2, 0.25) is 5.91 Å². The van der Waals surface area contributed by atoms with Gasteiger partial charge in [-0.3, -0.25) is 4.79 Å². The van der Waals surface area contributed by atoms with Crippen LogP contribution in [0.4, 0.5) is 0 Å². The molecule has 2 aliphatic rings. The molecule has 0 aromatic carbocycles. The summed E-state index contributed by atoms with van der Waals surface area (Å²) in [5.74, 6) is 1.02. The molecular weight excluding hydrogens is 214 g/mol. The molecule has 0 radical (unpaired) electrons. The molecule has 0 bridgehead atoms. The van der Waals surface area contributed by atoms with Gasteiger partial charge in [-0.2, -0.15) is 0 Å². The van der Waals surface area contributed by atoms with Crippen molar-refractivity contribution in [2.45, 2.75) is 32.2 Å². The van der Waals surface area contributed by atoms with Crippen molar-refractivity contribution in [3.8, 4) is 0 Å². The lowest BCUT2D eigenvalue weighted by Gasteiger charge is -2.38. The van der Waals surface area contributed by atoms with E-state index < -0.39 is 0 Å². The van der Waals surface area contributed by atoms with E-state index in [9.17, 15) is 4.79 Å².